The van der Waals surface area contributed by atoms with Crippen LogP contribution in [0.5, 0.6) is 0 Å². The van der Waals surface area contributed by atoms with Crippen LogP contribution in [0.2, 0.25) is 0 Å². The van der Waals surface area contributed by atoms with Crippen LogP contribution < -0.4 is 0 Å². The lowest BCUT2D eigenvalue weighted by atomic mass is 9.86. The summed E-state index contributed by atoms with van der Waals surface area (Å²) in [6.45, 7) is 11.0. The molecule has 16 heavy (non-hydrogen) atoms. The number of amides is 1. The van der Waals surface area contributed by atoms with E-state index < -0.39 is 0 Å². The lowest BCUT2D eigenvalue weighted by molar-refractivity contribution is -0.128. The average molecular weight is 228 g/mol. The number of hydrogen-bond donors (Lipinski definition) is 0. The van der Waals surface area contributed by atoms with Gasteiger partial charge in [-0.1, -0.05) is 20.8 Å². The topological polar surface area (TPSA) is 23.6 Å². The van der Waals surface area contributed by atoms with Gasteiger partial charge in [-0.3, -0.25) is 4.79 Å². The summed E-state index contributed by atoms with van der Waals surface area (Å²) in [5.41, 5.74) is 0.343. The molecule has 0 saturated carbocycles. The first-order chi connectivity index (χ1) is 7.43. The maximum absolute atomic E-state index is 11.2. The second kappa shape index (κ2) is 6.89. The van der Waals surface area contributed by atoms with Gasteiger partial charge in [0.15, 0.2) is 0 Å². The number of nitrogens with zero attached hydrogens (tertiary/aromatic N) is 2. The lowest BCUT2D eigenvalue weighted by Crippen LogP contribution is -2.30. The van der Waals surface area contributed by atoms with E-state index in [0.717, 1.165) is 26.1 Å². The Kier molecular flexibility index (Phi) is 6.65. The van der Waals surface area contributed by atoms with Gasteiger partial charge >= 0.3 is 0 Å². The molecule has 1 heterocycles. The fourth-order valence-corrected chi connectivity index (χ4v) is 1.99. The molecule has 3 nitrogen and oxygen atoms in total. The Labute approximate surface area is 101 Å². The molecule has 1 aliphatic rings. The maximum atomic E-state index is 11.2. The van der Waals surface area contributed by atoms with E-state index in [1.165, 1.54) is 6.42 Å². The molecule has 1 rings (SSSR count). The molecule has 1 unspecified atom stereocenters. The summed E-state index contributed by atoms with van der Waals surface area (Å²) >= 11 is 0. The Bertz CT molecular complexity index is 216. The van der Waals surface area contributed by atoms with Gasteiger partial charge in [-0.15, -0.1) is 0 Å². The molecule has 0 aromatic rings. The summed E-state index contributed by atoms with van der Waals surface area (Å²) in [7, 11) is 4.20. The molecule has 1 saturated heterocycles. The molecule has 1 atom stereocenters. The summed E-state index contributed by atoms with van der Waals surface area (Å²) in [6.07, 6.45) is 2.34. The molecule has 96 valence electrons. The minimum absolute atomic E-state index is 0.221. The molecule has 1 fully saturated rings. The summed E-state index contributed by atoms with van der Waals surface area (Å²) < 4.78 is 0. The van der Waals surface area contributed by atoms with Crippen LogP contribution in [-0.4, -0.2) is 49.4 Å². The van der Waals surface area contributed by atoms with Crippen molar-refractivity contribution in [2.24, 2.45) is 5.41 Å². The highest BCUT2D eigenvalue weighted by Crippen LogP contribution is 2.33. The molecule has 0 bridgehead atoms. The van der Waals surface area contributed by atoms with Gasteiger partial charge in [0.05, 0.1) is 0 Å². The van der Waals surface area contributed by atoms with Crippen molar-refractivity contribution in [1.82, 2.24) is 9.80 Å². The van der Waals surface area contributed by atoms with E-state index in [1.54, 1.807) is 6.92 Å². The van der Waals surface area contributed by atoms with Crippen LogP contribution in [0.25, 0.3) is 0 Å². The van der Waals surface area contributed by atoms with Crippen molar-refractivity contribution >= 4 is 5.91 Å². The molecule has 1 aliphatic heterocycles. The van der Waals surface area contributed by atoms with Gasteiger partial charge in [-0.05, 0) is 38.9 Å². The molecule has 0 aliphatic carbocycles. The highest BCUT2D eigenvalue weighted by atomic mass is 16.2. The third-order valence-electron chi connectivity index (χ3n) is 3.17. The fraction of sp³-hybridized carbons (Fsp3) is 0.923. The van der Waals surface area contributed by atoms with Crippen molar-refractivity contribution in [1.29, 1.82) is 0 Å². The molecule has 1 amide bonds. The summed E-state index contributed by atoms with van der Waals surface area (Å²) in [6, 6.07) is 0. The van der Waals surface area contributed by atoms with Crippen LogP contribution in [0, 0.1) is 5.41 Å². The molecule has 0 aromatic carbocycles. The van der Waals surface area contributed by atoms with E-state index in [1.807, 2.05) is 18.7 Å². The first kappa shape index (κ1) is 15.4. The summed E-state index contributed by atoms with van der Waals surface area (Å²) in [5.74, 6) is 0.221. The first-order valence-corrected chi connectivity index (χ1v) is 6.33. The van der Waals surface area contributed by atoms with Gasteiger partial charge < -0.3 is 9.80 Å². The second-order valence-electron chi connectivity index (χ2n) is 5.05. The standard InChI is InChI=1S/C11H22N2O.C2H6/c1-10(14)13-8-6-11(2,9-13)5-7-12(3)4;1-2/h5-9H2,1-4H3;1-2H3. The normalized spacial score (nSPS) is 24.3. The van der Waals surface area contributed by atoms with E-state index in [9.17, 15) is 4.79 Å². The zero-order valence-corrected chi connectivity index (χ0v) is 11.8. The Morgan fingerprint density at radius 1 is 1.38 bits per heavy atom. The van der Waals surface area contributed by atoms with Gasteiger partial charge in [-0.2, -0.15) is 0 Å². The van der Waals surface area contributed by atoms with Gasteiger partial charge in [0, 0.05) is 20.0 Å². The Morgan fingerprint density at radius 2 is 1.94 bits per heavy atom. The van der Waals surface area contributed by atoms with E-state index in [2.05, 4.69) is 25.9 Å². The minimum Gasteiger partial charge on any atom is -0.342 e. The third kappa shape index (κ3) is 4.97. The molecule has 0 N–H and O–H groups in total. The van der Waals surface area contributed by atoms with E-state index in [4.69, 9.17) is 0 Å². The zero-order valence-electron chi connectivity index (χ0n) is 11.8. The van der Waals surface area contributed by atoms with Crippen molar-refractivity contribution in [2.75, 3.05) is 33.7 Å². The smallest absolute Gasteiger partial charge is 0.219 e. The molecular weight excluding hydrogens is 200 g/mol. The van der Waals surface area contributed by atoms with Crippen molar-refractivity contribution < 1.29 is 4.79 Å². The number of rotatable bonds is 3. The Morgan fingerprint density at radius 3 is 2.31 bits per heavy atom. The molecule has 0 aromatic heterocycles. The first-order valence-electron chi connectivity index (χ1n) is 6.33. The van der Waals surface area contributed by atoms with Crippen LogP contribution in [0.3, 0.4) is 0 Å². The number of likely N-dealkylation sites (tertiary alicyclic amines) is 1. The molecule has 3 heteroatoms. The van der Waals surface area contributed by atoms with Crippen molar-refractivity contribution in [2.45, 2.75) is 40.5 Å². The van der Waals surface area contributed by atoms with Gasteiger partial charge in [0.2, 0.25) is 5.91 Å². The fourth-order valence-electron chi connectivity index (χ4n) is 1.99. The molecule has 0 spiro atoms. The second-order valence-corrected chi connectivity index (χ2v) is 5.05. The lowest BCUT2D eigenvalue weighted by Gasteiger charge is -2.25. The number of carbonyl (C=O) groups excluding carboxylic acids is 1. The zero-order chi connectivity index (χ0) is 12.8. The maximum Gasteiger partial charge on any atom is 0.219 e. The molecule has 0 radical (unpaired) electrons. The minimum atomic E-state index is 0.221. The SMILES string of the molecule is CC.CC(=O)N1CCC(C)(CCN(C)C)C1. The van der Waals surface area contributed by atoms with Crippen molar-refractivity contribution in [3.8, 4) is 0 Å². The van der Waals surface area contributed by atoms with E-state index in [-0.39, 0.29) is 5.91 Å². The monoisotopic (exact) mass is 228 g/mol. The van der Waals surface area contributed by atoms with E-state index in [0.29, 0.717) is 5.41 Å². The number of hydrogen-bond acceptors (Lipinski definition) is 2. The van der Waals surface area contributed by atoms with Crippen molar-refractivity contribution in [3.05, 3.63) is 0 Å². The predicted molar refractivity (Wildman–Crippen MR) is 69.5 cm³/mol. The van der Waals surface area contributed by atoms with Crippen molar-refractivity contribution in [3.63, 3.8) is 0 Å². The molecular formula is C13H28N2O. The Balaban J connectivity index is 0.00000106. The van der Waals surface area contributed by atoms with Crippen LogP contribution in [0.1, 0.15) is 40.5 Å². The summed E-state index contributed by atoms with van der Waals surface area (Å²) in [5, 5.41) is 0. The highest BCUT2D eigenvalue weighted by molar-refractivity contribution is 5.73. The Hall–Kier alpha value is -0.570. The van der Waals surface area contributed by atoms with Gasteiger partial charge in [-0.25, -0.2) is 0 Å². The average Bonchev–Trinajstić information content (AvgIpc) is 2.62. The largest absolute Gasteiger partial charge is 0.342 e. The van der Waals surface area contributed by atoms with Gasteiger partial charge in [0.1, 0.15) is 0 Å². The van der Waals surface area contributed by atoms with Crippen LogP contribution in [0.15, 0.2) is 0 Å². The predicted octanol–water partition coefficient (Wildman–Crippen LogP) is 2.22. The highest BCUT2D eigenvalue weighted by Gasteiger charge is 2.34. The van der Waals surface area contributed by atoms with Gasteiger partial charge in [0.25, 0.3) is 0 Å². The third-order valence-corrected chi connectivity index (χ3v) is 3.17. The van der Waals surface area contributed by atoms with Crippen LogP contribution in [-0.2, 0) is 4.79 Å². The quantitative estimate of drug-likeness (QED) is 0.739. The van der Waals surface area contributed by atoms with Crippen LogP contribution in [0.4, 0.5) is 0 Å². The van der Waals surface area contributed by atoms with Crippen LogP contribution >= 0.6 is 0 Å². The summed E-state index contributed by atoms with van der Waals surface area (Å²) in [4.78, 5) is 15.4. The van der Waals surface area contributed by atoms with E-state index >= 15 is 0 Å². The number of carbonyl (C=O) groups is 1.